The highest BCUT2D eigenvalue weighted by molar-refractivity contribution is 7.21. The molecule has 4 heteroatoms. The Balaban J connectivity index is 1.91. The van der Waals surface area contributed by atoms with E-state index in [4.69, 9.17) is 4.98 Å². The minimum Gasteiger partial charge on any atom is -0.353 e. The van der Waals surface area contributed by atoms with Gasteiger partial charge in [0.2, 0.25) is 0 Å². The Morgan fingerprint density at radius 1 is 1.00 bits per heavy atom. The fraction of sp³-hybridized carbons (Fsp3) is 0.100. The Morgan fingerprint density at radius 2 is 1.79 bits per heavy atom. The number of rotatable bonds is 3. The van der Waals surface area contributed by atoms with Gasteiger partial charge in [0.25, 0.3) is 0 Å². The third kappa shape index (κ3) is 2.65. The zero-order valence-electron chi connectivity index (χ0n) is 13.2. The van der Waals surface area contributed by atoms with Crippen LogP contribution in [-0.2, 0) is 6.42 Å². The van der Waals surface area contributed by atoms with E-state index in [1.54, 1.807) is 23.5 Å². The Kier molecular flexibility index (Phi) is 3.75. The summed E-state index contributed by atoms with van der Waals surface area (Å²) < 4.78 is 1.08. The zero-order chi connectivity index (χ0) is 16.5. The molecule has 0 fully saturated rings. The topological polar surface area (TPSA) is 42.0 Å². The van der Waals surface area contributed by atoms with Gasteiger partial charge in [-0.1, -0.05) is 37.3 Å². The first-order valence-corrected chi connectivity index (χ1v) is 8.75. The van der Waals surface area contributed by atoms with Crippen molar-refractivity contribution in [3.8, 4) is 10.6 Å². The summed E-state index contributed by atoms with van der Waals surface area (Å²) in [6.07, 6.45) is 0.928. The van der Waals surface area contributed by atoms with Crippen molar-refractivity contribution < 1.29 is 0 Å². The zero-order valence-corrected chi connectivity index (χ0v) is 14.1. The third-order valence-corrected chi connectivity index (χ3v) is 5.13. The molecule has 2 aromatic carbocycles. The number of hydrogen-bond donors (Lipinski definition) is 1. The molecule has 1 aliphatic carbocycles. The maximum Gasteiger partial charge on any atom is 0.182 e. The van der Waals surface area contributed by atoms with Crippen molar-refractivity contribution in [1.82, 2.24) is 4.98 Å². The highest BCUT2D eigenvalue weighted by Crippen LogP contribution is 2.35. The van der Waals surface area contributed by atoms with Gasteiger partial charge in [-0.25, -0.2) is 4.98 Å². The summed E-state index contributed by atoms with van der Waals surface area (Å²) in [5, 5.41) is 3.42. The molecule has 0 amide bonds. The molecular formula is C20H16N2OS. The number of fused-ring (bicyclic) bond motifs is 2. The van der Waals surface area contributed by atoms with Crippen molar-refractivity contribution >= 4 is 32.9 Å². The maximum absolute atomic E-state index is 12.1. The van der Waals surface area contributed by atoms with Crippen LogP contribution >= 0.6 is 11.3 Å². The smallest absolute Gasteiger partial charge is 0.182 e. The largest absolute Gasteiger partial charge is 0.353 e. The van der Waals surface area contributed by atoms with Gasteiger partial charge in [0, 0.05) is 17.8 Å². The average molecular weight is 332 g/mol. The van der Waals surface area contributed by atoms with Crippen LogP contribution in [0.3, 0.4) is 0 Å². The lowest BCUT2D eigenvalue weighted by molar-refractivity contribution is 1.14. The Bertz CT molecular complexity index is 1050. The van der Waals surface area contributed by atoms with Gasteiger partial charge < -0.3 is 5.32 Å². The van der Waals surface area contributed by atoms with Crippen molar-refractivity contribution in [3.05, 3.63) is 76.5 Å². The molecule has 1 aliphatic heterocycles. The van der Waals surface area contributed by atoms with Crippen molar-refractivity contribution in [2.45, 2.75) is 13.3 Å². The normalized spacial score (nSPS) is 11.0. The van der Waals surface area contributed by atoms with E-state index in [9.17, 15) is 4.79 Å². The molecule has 0 aromatic heterocycles. The predicted octanol–water partition coefficient (Wildman–Crippen LogP) is 5.07. The van der Waals surface area contributed by atoms with Gasteiger partial charge in [-0.05, 0) is 30.2 Å². The lowest BCUT2D eigenvalue weighted by Gasteiger charge is -2.15. The summed E-state index contributed by atoms with van der Waals surface area (Å²) in [6.45, 7) is 2.12. The first-order chi connectivity index (χ1) is 11.7. The highest BCUT2D eigenvalue weighted by atomic mass is 32.1. The Hall–Kier alpha value is -2.72. The molecule has 0 saturated carbocycles. The number of nitrogens with zero attached hydrogens (tertiary/aromatic N) is 1. The Labute approximate surface area is 144 Å². The van der Waals surface area contributed by atoms with Crippen molar-refractivity contribution in [1.29, 1.82) is 0 Å². The standard InChI is InChI=1S/C20H16N2OS/c1-2-13-7-3-4-8-15(13)21-17-11-14(23)12-19-20(17)22-16-9-5-6-10-18(16)24-19/h3-12,21H,2H2,1H3. The van der Waals surface area contributed by atoms with Gasteiger partial charge in [-0.2, -0.15) is 0 Å². The lowest BCUT2D eigenvalue weighted by atomic mass is 10.1. The van der Waals surface area contributed by atoms with E-state index in [2.05, 4.69) is 18.3 Å². The van der Waals surface area contributed by atoms with Crippen molar-refractivity contribution in [2.24, 2.45) is 0 Å². The van der Waals surface area contributed by atoms with Crippen molar-refractivity contribution in [2.75, 3.05) is 5.32 Å². The van der Waals surface area contributed by atoms with Crippen LogP contribution in [0.4, 0.5) is 11.4 Å². The molecule has 24 heavy (non-hydrogen) atoms. The quantitative estimate of drug-likeness (QED) is 0.533. The summed E-state index contributed by atoms with van der Waals surface area (Å²) in [5.41, 5.74) is 4.77. The van der Waals surface area contributed by atoms with E-state index < -0.39 is 0 Å². The summed E-state index contributed by atoms with van der Waals surface area (Å²) in [7, 11) is 0. The molecule has 2 aromatic rings. The van der Waals surface area contributed by atoms with Crippen molar-refractivity contribution in [3.63, 3.8) is 0 Å². The fourth-order valence-corrected chi connectivity index (χ4v) is 3.87. The maximum atomic E-state index is 12.1. The van der Waals surface area contributed by atoms with E-state index in [0.29, 0.717) is 0 Å². The minimum atomic E-state index is -0.00712. The number of hydrogen-bond acceptors (Lipinski definition) is 4. The summed E-state index contributed by atoms with van der Waals surface area (Å²) >= 11 is 1.60. The minimum absolute atomic E-state index is 0.00712. The molecular weight excluding hydrogens is 316 g/mol. The molecule has 0 bridgehead atoms. The van der Waals surface area contributed by atoms with E-state index in [1.165, 1.54) is 5.56 Å². The lowest BCUT2D eigenvalue weighted by Crippen LogP contribution is -2.05. The van der Waals surface area contributed by atoms with E-state index in [-0.39, 0.29) is 5.43 Å². The van der Waals surface area contributed by atoms with Gasteiger partial charge in [-0.3, -0.25) is 4.79 Å². The van der Waals surface area contributed by atoms with Gasteiger partial charge in [0.05, 0.1) is 20.8 Å². The monoisotopic (exact) mass is 332 g/mol. The van der Waals surface area contributed by atoms with Crippen LogP contribution in [-0.4, -0.2) is 4.98 Å². The summed E-state index contributed by atoms with van der Waals surface area (Å²) in [5.74, 6) is 0. The molecule has 1 heterocycles. The number of aryl methyl sites for hydroxylation is 1. The second-order valence-electron chi connectivity index (χ2n) is 5.63. The van der Waals surface area contributed by atoms with Crippen LogP contribution in [0.25, 0.3) is 20.8 Å². The molecule has 118 valence electrons. The molecule has 0 spiro atoms. The van der Waals surface area contributed by atoms with E-state index >= 15 is 0 Å². The number of nitrogens with one attached hydrogen (secondary N) is 1. The fourth-order valence-electron chi connectivity index (χ4n) is 2.84. The first kappa shape index (κ1) is 14.8. The molecule has 0 radical (unpaired) electrons. The Morgan fingerprint density at radius 3 is 2.67 bits per heavy atom. The van der Waals surface area contributed by atoms with E-state index in [0.717, 1.165) is 38.6 Å². The molecule has 0 saturated heterocycles. The first-order valence-electron chi connectivity index (χ1n) is 7.93. The van der Waals surface area contributed by atoms with Gasteiger partial charge in [0.15, 0.2) is 5.43 Å². The summed E-state index contributed by atoms with van der Waals surface area (Å²) in [6, 6.07) is 19.4. The average Bonchev–Trinajstić information content (AvgIpc) is 2.60. The van der Waals surface area contributed by atoms with Gasteiger partial charge in [0.1, 0.15) is 5.69 Å². The number of aromatic nitrogens is 1. The SMILES string of the molecule is CCc1ccccc1Nc1cc(=O)cc2sc3ccccc3nc1-2. The third-order valence-electron chi connectivity index (χ3n) is 4.03. The van der Waals surface area contributed by atoms with Crippen LogP contribution in [0.5, 0.6) is 0 Å². The molecule has 0 atom stereocenters. The molecule has 1 N–H and O–H groups in total. The number of benzene rings is 3. The number of para-hydroxylation sites is 2. The second kappa shape index (κ2) is 6.06. The molecule has 0 unspecified atom stereocenters. The second-order valence-corrected chi connectivity index (χ2v) is 6.72. The molecule has 4 rings (SSSR count). The van der Waals surface area contributed by atoms with Crippen LogP contribution in [0.15, 0.2) is 65.5 Å². The highest BCUT2D eigenvalue weighted by Gasteiger charge is 2.14. The van der Waals surface area contributed by atoms with Crippen LogP contribution in [0.1, 0.15) is 12.5 Å². The van der Waals surface area contributed by atoms with Crippen LogP contribution in [0, 0.1) is 0 Å². The van der Waals surface area contributed by atoms with Crippen LogP contribution < -0.4 is 10.7 Å². The number of anilines is 2. The van der Waals surface area contributed by atoms with Gasteiger partial charge in [-0.15, -0.1) is 11.3 Å². The predicted molar refractivity (Wildman–Crippen MR) is 102 cm³/mol. The van der Waals surface area contributed by atoms with E-state index in [1.807, 2.05) is 42.5 Å². The molecule has 2 aliphatic rings. The van der Waals surface area contributed by atoms with Crippen LogP contribution in [0.2, 0.25) is 0 Å². The summed E-state index contributed by atoms with van der Waals surface area (Å²) in [4.78, 5) is 17.8. The molecule has 3 nitrogen and oxygen atoms in total. The van der Waals surface area contributed by atoms with Gasteiger partial charge >= 0.3 is 0 Å².